The summed E-state index contributed by atoms with van der Waals surface area (Å²) in [5.41, 5.74) is 0.709. The first kappa shape index (κ1) is 17.9. The predicted molar refractivity (Wildman–Crippen MR) is 101 cm³/mol. The van der Waals surface area contributed by atoms with E-state index < -0.39 is 17.2 Å². The third kappa shape index (κ3) is 3.25. The topological polar surface area (TPSA) is 96.9 Å². The number of aryl methyl sites for hydroxylation is 1. The number of hydrogen-bond donors (Lipinski definition) is 2. The lowest BCUT2D eigenvalue weighted by Crippen LogP contribution is -2.31. The minimum absolute atomic E-state index is 0.188. The van der Waals surface area contributed by atoms with E-state index in [0.29, 0.717) is 23.7 Å². The number of anilines is 1. The summed E-state index contributed by atoms with van der Waals surface area (Å²) in [6, 6.07) is 6.63. The standard InChI is InChI=1S/C18H17ClN4O3/c1-3-7-23-15-12(17(25)22-18(23)26)8-11(9-20-15)16(24)21-14-6-4-5-13(19)10(14)2/h4-6,8-9H,3,7H2,1-2H3,(H,21,24)(H,22,25,26). The van der Waals surface area contributed by atoms with E-state index in [2.05, 4.69) is 15.3 Å². The van der Waals surface area contributed by atoms with Crippen LogP contribution in [0.4, 0.5) is 5.69 Å². The molecule has 2 aromatic heterocycles. The van der Waals surface area contributed by atoms with Gasteiger partial charge in [0.15, 0.2) is 0 Å². The van der Waals surface area contributed by atoms with Gasteiger partial charge in [0, 0.05) is 23.5 Å². The Kier molecular flexibility index (Phi) is 4.90. The van der Waals surface area contributed by atoms with Crippen LogP contribution >= 0.6 is 11.6 Å². The van der Waals surface area contributed by atoms with Crippen molar-refractivity contribution >= 4 is 34.2 Å². The Balaban J connectivity index is 2.04. The van der Waals surface area contributed by atoms with Crippen molar-refractivity contribution in [3.8, 4) is 0 Å². The van der Waals surface area contributed by atoms with E-state index in [1.165, 1.54) is 16.8 Å². The molecule has 2 N–H and O–H groups in total. The number of amides is 1. The highest BCUT2D eigenvalue weighted by Crippen LogP contribution is 2.23. The highest BCUT2D eigenvalue weighted by atomic mass is 35.5. The van der Waals surface area contributed by atoms with Gasteiger partial charge in [0.25, 0.3) is 11.5 Å². The van der Waals surface area contributed by atoms with E-state index in [4.69, 9.17) is 11.6 Å². The van der Waals surface area contributed by atoms with E-state index in [1.807, 2.05) is 6.92 Å². The maximum atomic E-state index is 12.5. The molecule has 0 radical (unpaired) electrons. The van der Waals surface area contributed by atoms with Gasteiger partial charge in [-0.1, -0.05) is 24.6 Å². The van der Waals surface area contributed by atoms with E-state index in [-0.39, 0.29) is 16.6 Å². The summed E-state index contributed by atoms with van der Waals surface area (Å²) in [6.45, 7) is 4.13. The number of H-pyrrole nitrogens is 1. The molecular formula is C18H17ClN4O3. The highest BCUT2D eigenvalue weighted by Gasteiger charge is 2.14. The molecule has 0 unspecified atom stereocenters. The summed E-state index contributed by atoms with van der Waals surface area (Å²) in [4.78, 5) is 43.1. The van der Waals surface area contributed by atoms with Crippen LogP contribution in [0.1, 0.15) is 29.3 Å². The minimum atomic E-state index is -0.571. The van der Waals surface area contributed by atoms with Crippen molar-refractivity contribution < 1.29 is 4.79 Å². The number of benzene rings is 1. The second kappa shape index (κ2) is 7.13. The fraction of sp³-hybridized carbons (Fsp3) is 0.222. The van der Waals surface area contributed by atoms with Crippen LogP contribution in [0, 0.1) is 6.92 Å². The Morgan fingerprint density at radius 2 is 2.12 bits per heavy atom. The number of nitrogens with zero attached hydrogens (tertiary/aromatic N) is 2. The number of halogens is 1. The number of rotatable bonds is 4. The first-order valence-corrected chi connectivity index (χ1v) is 8.49. The molecule has 0 saturated heterocycles. The van der Waals surface area contributed by atoms with Crippen molar-refractivity contribution in [2.45, 2.75) is 26.8 Å². The molecule has 1 aromatic carbocycles. The Morgan fingerprint density at radius 3 is 2.85 bits per heavy atom. The molecule has 8 heteroatoms. The van der Waals surface area contributed by atoms with Gasteiger partial charge < -0.3 is 5.32 Å². The summed E-state index contributed by atoms with van der Waals surface area (Å²) in [5, 5.41) is 3.49. The number of hydrogen-bond acceptors (Lipinski definition) is 4. The molecule has 134 valence electrons. The summed E-state index contributed by atoms with van der Waals surface area (Å²) in [5.74, 6) is -0.419. The van der Waals surface area contributed by atoms with Crippen molar-refractivity contribution in [2.24, 2.45) is 0 Å². The maximum absolute atomic E-state index is 12.5. The van der Waals surface area contributed by atoms with Gasteiger partial charge in [-0.05, 0) is 37.1 Å². The number of aromatic nitrogens is 3. The molecular weight excluding hydrogens is 356 g/mol. The van der Waals surface area contributed by atoms with Crippen LogP contribution in [0.5, 0.6) is 0 Å². The monoisotopic (exact) mass is 372 g/mol. The van der Waals surface area contributed by atoms with Gasteiger partial charge in [-0.25, -0.2) is 9.78 Å². The van der Waals surface area contributed by atoms with E-state index in [1.54, 1.807) is 25.1 Å². The Bertz CT molecular complexity index is 1120. The smallest absolute Gasteiger partial charge is 0.322 e. The number of aromatic amines is 1. The number of pyridine rings is 1. The summed E-state index contributed by atoms with van der Waals surface area (Å²) in [7, 11) is 0. The second-order valence-corrected chi connectivity index (χ2v) is 6.28. The van der Waals surface area contributed by atoms with Crippen molar-refractivity contribution in [1.29, 1.82) is 0 Å². The fourth-order valence-corrected chi connectivity index (χ4v) is 2.83. The van der Waals surface area contributed by atoms with Gasteiger partial charge in [-0.15, -0.1) is 0 Å². The number of fused-ring (bicyclic) bond motifs is 1. The van der Waals surface area contributed by atoms with Gasteiger partial charge in [0.05, 0.1) is 10.9 Å². The third-order valence-corrected chi connectivity index (χ3v) is 4.47. The van der Waals surface area contributed by atoms with Gasteiger partial charge in [0.2, 0.25) is 0 Å². The number of carbonyl (C=O) groups is 1. The van der Waals surface area contributed by atoms with Crippen molar-refractivity contribution in [3.63, 3.8) is 0 Å². The molecule has 0 aliphatic rings. The molecule has 1 amide bonds. The lowest BCUT2D eigenvalue weighted by Gasteiger charge is -2.11. The van der Waals surface area contributed by atoms with Crippen LogP contribution in [0.3, 0.4) is 0 Å². The molecule has 0 saturated carbocycles. The molecule has 2 heterocycles. The van der Waals surface area contributed by atoms with Crippen LogP contribution in [-0.4, -0.2) is 20.4 Å². The second-order valence-electron chi connectivity index (χ2n) is 5.87. The zero-order chi connectivity index (χ0) is 18.8. The summed E-state index contributed by atoms with van der Waals surface area (Å²) in [6.07, 6.45) is 2.06. The van der Waals surface area contributed by atoms with E-state index in [9.17, 15) is 14.4 Å². The molecule has 0 aliphatic carbocycles. The molecule has 0 fully saturated rings. The van der Waals surface area contributed by atoms with E-state index in [0.717, 1.165) is 5.56 Å². The summed E-state index contributed by atoms with van der Waals surface area (Å²) >= 11 is 6.06. The van der Waals surface area contributed by atoms with Crippen molar-refractivity contribution in [3.05, 3.63) is 67.4 Å². The van der Waals surface area contributed by atoms with Gasteiger partial charge in [-0.2, -0.15) is 0 Å². The van der Waals surface area contributed by atoms with Gasteiger partial charge in [-0.3, -0.25) is 19.1 Å². The molecule has 0 spiro atoms. The van der Waals surface area contributed by atoms with Crippen LogP contribution < -0.4 is 16.6 Å². The zero-order valence-electron chi connectivity index (χ0n) is 14.3. The average Bonchev–Trinajstić information content (AvgIpc) is 2.62. The number of carbonyl (C=O) groups excluding carboxylic acids is 1. The normalized spacial score (nSPS) is 10.9. The first-order chi connectivity index (χ1) is 12.4. The largest absolute Gasteiger partial charge is 0.329 e. The molecule has 3 aromatic rings. The van der Waals surface area contributed by atoms with Crippen LogP contribution in [0.25, 0.3) is 11.0 Å². The van der Waals surface area contributed by atoms with Gasteiger partial charge in [0.1, 0.15) is 5.65 Å². The predicted octanol–water partition coefficient (Wildman–Crippen LogP) is 2.71. The van der Waals surface area contributed by atoms with Crippen LogP contribution in [-0.2, 0) is 6.54 Å². The average molecular weight is 373 g/mol. The Hall–Kier alpha value is -2.93. The van der Waals surface area contributed by atoms with Crippen molar-refractivity contribution in [2.75, 3.05) is 5.32 Å². The highest BCUT2D eigenvalue weighted by molar-refractivity contribution is 6.31. The maximum Gasteiger partial charge on any atom is 0.329 e. The Labute approximate surface area is 153 Å². The molecule has 0 bridgehead atoms. The molecule has 7 nitrogen and oxygen atoms in total. The number of nitrogens with one attached hydrogen (secondary N) is 2. The lowest BCUT2D eigenvalue weighted by atomic mass is 10.1. The Morgan fingerprint density at radius 1 is 1.35 bits per heavy atom. The van der Waals surface area contributed by atoms with Crippen LogP contribution in [0.2, 0.25) is 5.02 Å². The minimum Gasteiger partial charge on any atom is -0.322 e. The zero-order valence-corrected chi connectivity index (χ0v) is 15.1. The molecule has 26 heavy (non-hydrogen) atoms. The third-order valence-electron chi connectivity index (χ3n) is 4.06. The lowest BCUT2D eigenvalue weighted by molar-refractivity contribution is 0.102. The molecule has 0 atom stereocenters. The first-order valence-electron chi connectivity index (χ1n) is 8.11. The van der Waals surface area contributed by atoms with E-state index >= 15 is 0 Å². The SMILES string of the molecule is CCCn1c(=O)[nH]c(=O)c2cc(C(=O)Nc3cccc(Cl)c3C)cnc21. The fourth-order valence-electron chi connectivity index (χ4n) is 2.66. The summed E-state index contributed by atoms with van der Waals surface area (Å²) < 4.78 is 1.39. The van der Waals surface area contributed by atoms with Gasteiger partial charge >= 0.3 is 5.69 Å². The molecule has 3 rings (SSSR count). The molecule has 0 aliphatic heterocycles. The quantitative estimate of drug-likeness (QED) is 0.735. The van der Waals surface area contributed by atoms with Crippen molar-refractivity contribution in [1.82, 2.24) is 14.5 Å². The van der Waals surface area contributed by atoms with Crippen LogP contribution in [0.15, 0.2) is 40.1 Å².